The molecule has 2 aromatic rings. The predicted molar refractivity (Wildman–Crippen MR) is 182 cm³/mol. The molecule has 0 bridgehead atoms. The third-order valence-electron chi connectivity index (χ3n) is 6.87. The summed E-state index contributed by atoms with van der Waals surface area (Å²) in [6.07, 6.45) is 7.99. The van der Waals surface area contributed by atoms with Gasteiger partial charge in [0.2, 0.25) is 11.8 Å². The van der Waals surface area contributed by atoms with E-state index in [1.54, 1.807) is 69.0 Å². The first-order chi connectivity index (χ1) is 22.2. The minimum atomic E-state index is -2.55. The first-order valence-corrected chi connectivity index (χ1v) is 18.5. The van der Waals surface area contributed by atoms with Gasteiger partial charge >= 0.3 is 17.6 Å². The topological polar surface area (TPSA) is 132 Å². The van der Waals surface area contributed by atoms with Crippen molar-refractivity contribution >= 4 is 41.6 Å². The summed E-state index contributed by atoms with van der Waals surface area (Å²) in [6, 6.07) is 16.2. The first kappa shape index (κ1) is 40.7. The smallest absolute Gasteiger partial charge is 0.497 e. The molecule has 0 aliphatic rings. The van der Waals surface area contributed by atoms with Crippen LogP contribution in [-0.4, -0.2) is 99.4 Å². The van der Waals surface area contributed by atoms with E-state index in [9.17, 15) is 9.59 Å². The minimum absolute atomic E-state index is 0.139. The highest BCUT2D eigenvalue weighted by Gasteiger charge is 2.37. The van der Waals surface area contributed by atoms with Crippen molar-refractivity contribution in [3.05, 3.63) is 71.8 Å². The molecular formula is C32H50N2O10Si2. The van der Waals surface area contributed by atoms with Gasteiger partial charge in [-0.15, -0.1) is 0 Å². The number of benzene rings is 2. The van der Waals surface area contributed by atoms with E-state index in [1.807, 2.05) is 48.5 Å². The molecule has 0 aliphatic carbocycles. The molecule has 2 aromatic carbocycles. The van der Waals surface area contributed by atoms with E-state index < -0.39 is 17.6 Å². The lowest BCUT2D eigenvalue weighted by Gasteiger charge is -2.24. The highest BCUT2D eigenvalue weighted by atomic mass is 28.4. The van der Waals surface area contributed by atoms with Gasteiger partial charge in [0.25, 0.3) is 0 Å². The molecule has 0 unspecified atom stereocenters. The molecule has 0 aliphatic heterocycles. The fourth-order valence-electron chi connectivity index (χ4n) is 4.04. The van der Waals surface area contributed by atoms with Crippen molar-refractivity contribution in [2.75, 3.05) is 70.0 Å². The van der Waals surface area contributed by atoms with Gasteiger partial charge in [0.1, 0.15) is 11.5 Å². The van der Waals surface area contributed by atoms with Crippen molar-refractivity contribution in [2.45, 2.75) is 24.9 Å². The van der Waals surface area contributed by atoms with Gasteiger partial charge in [0.05, 0.1) is 14.2 Å². The summed E-state index contributed by atoms with van der Waals surface area (Å²) < 4.78 is 42.1. The molecule has 14 heteroatoms. The molecule has 0 aromatic heterocycles. The van der Waals surface area contributed by atoms with Crippen molar-refractivity contribution in [3.8, 4) is 11.5 Å². The molecular weight excluding hydrogens is 629 g/mol. The van der Waals surface area contributed by atoms with Crippen molar-refractivity contribution in [1.29, 1.82) is 0 Å². The second kappa shape index (κ2) is 23.0. The number of hydrogen-bond donors (Lipinski definition) is 2. The summed E-state index contributed by atoms with van der Waals surface area (Å²) in [5.41, 5.74) is 1.87. The zero-order valence-electron chi connectivity index (χ0n) is 28.3. The van der Waals surface area contributed by atoms with Gasteiger partial charge in [0, 0.05) is 80.0 Å². The Morgan fingerprint density at radius 2 is 0.848 bits per heavy atom. The number of nitrogens with one attached hydrogen (secondary N) is 2. The van der Waals surface area contributed by atoms with Gasteiger partial charge in [0.15, 0.2) is 0 Å². The molecule has 0 heterocycles. The molecule has 0 atom stereocenters. The van der Waals surface area contributed by atoms with Crippen molar-refractivity contribution in [2.24, 2.45) is 0 Å². The summed E-state index contributed by atoms with van der Waals surface area (Å²) >= 11 is 0. The summed E-state index contributed by atoms with van der Waals surface area (Å²) in [5, 5.41) is 5.65. The molecule has 0 fully saturated rings. The molecule has 2 N–H and O–H groups in total. The fourth-order valence-corrected chi connectivity index (χ4v) is 7.48. The van der Waals surface area contributed by atoms with E-state index in [1.165, 1.54) is 12.2 Å². The van der Waals surface area contributed by atoms with Crippen LogP contribution >= 0.6 is 0 Å². The molecule has 0 spiro atoms. The van der Waals surface area contributed by atoms with Gasteiger partial charge < -0.3 is 46.7 Å². The van der Waals surface area contributed by atoms with E-state index in [0.717, 1.165) is 35.5 Å². The monoisotopic (exact) mass is 678 g/mol. The molecule has 0 saturated carbocycles. The maximum absolute atomic E-state index is 11.8. The summed E-state index contributed by atoms with van der Waals surface area (Å²) in [5.74, 6) is 1.29. The largest absolute Gasteiger partial charge is 0.500 e. The van der Waals surface area contributed by atoms with E-state index in [4.69, 9.17) is 36.0 Å². The van der Waals surface area contributed by atoms with Gasteiger partial charge in [-0.25, -0.2) is 0 Å². The zero-order chi connectivity index (χ0) is 34.3. The van der Waals surface area contributed by atoms with Crippen molar-refractivity contribution < 1.29 is 45.6 Å². The van der Waals surface area contributed by atoms with Gasteiger partial charge in [-0.05, 0) is 60.4 Å². The van der Waals surface area contributed by atoms with Crippen LogP contribution in [0, 0.1) is 0 Å². The van der Waals surface area contributed by atoms with Gasteiger partial charge in [-0.3, -0.25) is 9.59 Å². The number of carbonyl (C=O) groups is 2. The van der Waals surface area contributed by atoms with Crippen molar-refractivity contribution in [3.63, 3.8) is 0 Å². The number of carbonyl (C=O) groups excluding carboxylic acids is 2. The van der Waals surface area contributed by atoms with Crippen LogP contribution in [0.5, 0.6) is 11.5 Å². The Balaban J connectivity index is 0.000000460. The highest BCUT2D eigenvalue weighted by Crippen LogP contribution is 2.16. The van der Waals surface area contributed by atoms with Crippen LogP contribution in [-0.2, 0) is 36.1 Å². The zero-order valence-corrected chi connectivity index (χ0v) is 30.3. The van der Waals surface area contributed by atoms with Crippen molar-refractivity contribution in [1.82, 2.24) is 10.6 Å². The van der Waals surface area contributed by atoms with E-state index in [0.29, 0.717) is 25.2 Å². The third-order valence-corrected chi connectivity index (χ3v) is 12.5. The van der Waals surface area contributed by atoms with Crippen LogP contribution in [0.3, 0.4) is 0 Å². The lowest BCUT2D eigenvalue weighted by molar-refractivity contribution is -0.117. The van der Waals surface area contributed by atoms with Crippen LogP contribution in [0.4, 0.5) is 0 Å². The number of amides is 2. The van der Waals surface area contributed by atoms with Crippen LogP contribution in [0.25, 0.3) is 12.2 Å². The second-order valence-corrected chi connectivity index (χ2v) is 15.8. The second-order valence-electron chi connectivity index (χ2n) is 9.59. The normalized spacial score (nSPS) is 11.7. The van der Waals surface area contributed by atoms with E-state index in [2.05, 4.69) is 10.6 Å². The van der Waals surface area contributed by atoms with Gasteiger partial charge in [-0.2, -0.15) is 0 Å². The molecule has 2 rings (SSSR count). The Kier molecular flexibility index (Phi) is 20.4. The molecule has 12 nitrogen and oxygen atoms in total. The molecule has 256 valence electrons. The van der Waals surface area contributed by atoms with Crippen LogP contribution in [0.15, 0.2) is 60.7 Å². The average molecular weight is 679 g/mol. The molecule has 46 heavy (non-hydrogen) atoms. The summed E-state index contributed by atoms with van der Waals surface area (Å²) in [7, 11) is 7.61. The number of ether oxygens (including phenoxy) is 2. The Hall–Kier alpha value is -3.35. The number of methoxy groups -OCH3 is 2. The molecule has 0 saturated heterocycles. The minimum Gasteiger partial charge on any atom is -0.497 e. The van der Waals surface area contributed by atoms with E-state index >= 15 is 0 Å². The van der Waals surface area contributed by atoms with Gasteiger partial charge in [-0.1, -0.05) is 24.3 Å². The number of hydrogen-bond acceptors (Lipinski definition) is 10. The fraction of sp³-hybridized carbons (Fsp3) is 0.438. The van der Waals surface area contributed by atoms with Crippen LogP contribution < -0.4 is 20.1 Å². The number of rotatable bonds is 20. The molecule has 2 amide bonds. The maximum atomic E-state index is 11.8. The quantitative estimate of drug-likeness (QED) is 0.119. The Morgan fingerprint density at radius 1 is 0.543 bits per heavy atom. The third kappa shape index (κ3) is 15.3. The SMILES string of the molecule is COc1ccc(C=CC(=O)NCCC[Si](OC)(OC)OC)cc1.COc1ccc(C=CC(=O)NCCC[Si](OC)(OC)OC)cc1. The standard InChI is InChI=1S/2C16H25NO5Si/c2*1-19-15-9-6-14(7-10-15)8-11-16(18)17-12-5-13-23(20-2,21-3)22-4/h2*6-11H,5,12-13H2,1-4H3,(H,17,18). The predicted octanol–water partition coefficient (Wildman–Crippen LogP) is 4.19. The lowest BCUT2D eigenvalue weighted by atomic mass is 10.2. The molecule has 0 radical (unpaired) electrons. The van der Waals surface area contributed by atoms with Crippen LogP contribution in [0.2, 0.25) is 12.1 Å². The van der Waals surface area contributed by atoms with Crippen LogP contribution in [0.1, 0.15) is 24.0 Å². The summed E-state index contributed by atoms with van der Waals surface area (Å²) in [4.78, 5) is 23.5. The first-order valence-electron chi connectivity index (χ1n) is 14.7. The Labute approximate surface area is 275 Å². The Morgan fingerprint density at radius 3 is 1.11 bits per heavy atom. The maximum Gasteiger partial charge on any atom is 0.500 e. The Bertz CT molecular complexity index is 1080. The summed E-state index contributed by atoms with van der Waals surface area (Å²) in [6.45, 7) is 1.08. The van der Waals surface area contributed by atoms with E-state index in [-0.39, 0.29) is 11.8 Å². The average Bonchev–Trinajstić information content (AvgIpc) is 3.11. The highest BCUT2D eigenvalue weighted by molar-refractivity contribution is 6.60. The lowest BCUT2D eigenvalue weighted by Crippen LogP contribution is -2.43.